The van der Waals surface area contributed by atoms with Gasteiger partial charge in [0.15, 0.2) is 5.78 Å². The largest absolute Gasteiger partial charge is 0.294 e. The van der Waals surface area contributed by atoms with E-state index in [1.54, 1.807) is 0 Å². The van der Waals surface area contributed by atoms with Crippen LogP contribution in [-0.2, 0) is 16.6 Å². The second-order valence-corrected chi connectivity index (χ2v) is 9.36. The van der Waals surface area contributed by atoms with Gasteiger partial charge in [0.2, 0.25) is 0 Å². The molecule has 0 saturated heterocycles. The van der Waals surface area contributed by atoms with Gasteiger partial charge in [-0.1, -0.05) is 63.6 Å². The van der Waals surface area contributed by atoms with Gasteiger partial charge in [0.1, 0.15) is 0 Å². The van der Waals surface area contributed by atoms with Crippen LogP contribution in [0.25, 0.3) is 0 Å². The van der Waals surface area contributed by atoms with E-state index in [4.69, 9.17) is 5.10 Å². The Morgan fingerprint density at radius 2 is 1.85 bits per heavy atom. The number of rotatable bonds is 3. The van der Waals surface area contributed by atoms with E-state index in [0.29, 0.717) is 18.1 Å². The number of fused-ring (bicyclic) bond motifs is 1. The van der Waals surface area contributed by atoms with Crippen LogP contribution >= 0.6 is 0 Å². The predicted molar refractivity (Wildman–Crippen MR) is 109 cm³/mol. The number of nitrogens with zero attached hydrogens (tertiary/aromatic N) is 1. The number of H-pyrrole nitrogens is 1. The van der Waals surface area contributed by atoms with E-state index in [-0.39, 0.29) is 5.41 Å². The van der Waals surface area contributed by atoms with Gasteiger partial charge < -0.3 is 0 Å². The summed E-state index contributed by atoms with van der Waals surface area (Å²) in [6.07, 6.45) is 3.47. The van der Waals surface area contributed by atoms with Crippen LogP contribution in [0.5, 0.6) is 0 Å². The van der Waals surface area contributed by atoms with Crippen LogP contribution in [0.15, 0.2) is 41.5 Å². The highest BCUT2D eigenvalue weighted by Crippen LogP contribution is 2.53. The number of aromatic nitrogens is 2. The summed E-state index contributed by atoms with van der Waals surface area (Å²) in [4.78, 5) is 13.4. The van der Waals surface area contributed by atoms with Crippen molar-refractivity contribution < 1.29 is 4.79 Å². The van der Waals surface area contributed by atoms with E-state index in [1.807, 2.05) is 6.07 Å². The first kappa shape index (κ1) is 18.2. The third kappa shape index (κ3) is 2.70. The molecular formula is C24H30N2O. The quantitative estimate of drug-likeness (QED) is 0.787. The lowest BCUT2D eigenvalue weighted by Gasteiger charge is -2.44. The second kappa shape index (κ2) is 6.19. The van der Waals surface area contributed by atoms with Crippen LogP contribution in [0.2, 0.25) is 0 Å². The molecule has 4 rings (SSSR count). The zero-order valence-electron chi connectivity index (χ0n) is 17.1. The molecule has 2 unspecified atom stereocenters. The Balaban J connectivity index is 2.01. The summed E-state index contributed by atoms with van der Waals surface area (Å²) in [5.41, 5.74) is 6.70. The molecule has 1 aromatic carbocycles. The molecule has 0 bridgehead atoms. The molecule has 0 spiro atoms. The van der Waals surface area contributed by atoms with Crippen molar-refractivity contribution >= 4 is 5.78 Å². The Morgan fingerprint density at radius 3 is 2.52 bits per heavy atom. The van der Waals surface area contributed by atoms with Crippen molar-refractivity contribution in [1.29, 1.82) is 0 Å². The highest BCUT2D eigenvalue weighted by atomic mass is 16.1. The first-order chi connectivity index (χ1) is 12.8. The zero-order valence-corrected chi connectivity index (χ0v) is 17.1. The van der Waals surface area contributed by atoms with E-state index in [9.17, 15) is 4.79 Å². The minimum Gasteiger partial charge on any atom is -0.294 e. The maximum absolute atomic E-state index is 13.4. The lowest BCUT2D eigenvalue weighted by Crippen LogP contribution is -2.41. The van der Waals surface area contributed by atoms with Gasteiger partial charge >= 0.3 is 0 Å². The fourth-order valence-corrected chi connectivity index (χ4v) is 5.26. The number of allylic oxidation sites excluding steroid dienone is 2. The summed E-state index contributed by atoms with van der Waals surface area (Å²) >= 11 is 0. The van der Waals surface area contributed by atoms with Gasteiger partial charge in [-0.15, -0.1) is 0 Å². The van der Waals surface area contributed by atoms with Gasteiger partial charge in [-0.25, -0.2) is 0 Å². The van der Waals surface area contributed by atoms with Gasteiger partial charge in [-0.3, -0.25) is 9.89 Å². The summed E-state index contributed by atoms with van der Waals surface area (Å²) in [7, 11) is 0. The summed E-state index contributed by atoms with van der Waals surface area (Å²) < 4.78 is 0. The van der Waals surface area contributed by atoms with E-state index in [2.05, 4.69) is 64.0 Å². The van der Waals surface area contributed by atoms with Crippen LogP contribution in [-0.4, -0.2) is 16.0 Å². The normalized spacial score (nSPS) is 25.1. The SMILES string of the molecule is CCC(C)c1n[nH]c2c1C(C)(c1ccccc1)C1=C(C2)CC(C)(C)CC1=O. The number of Topliss-reactive ketones (excluding diaryl/α,β-unsaturated/α-hetero) is 1. The molecule has 142 valence electrons. The molecule has 0 amide bonds. The molecular weight excluding hydrogens is 332 g/mol. The number of hydrogen-bond donors (Lipinski definition) is 1. The molecule has 27 heavy (non-hydrogen) atoms. The predicted octanol–water partition coefficient (Wildman–Crippen LogP) is 5.47. The standard InChI is InChI=1S/C24H30N2O/c1-6-15(2)22-21-18(25-26-22)12-16-13-23(3,4)14-19(27)20(16)24(21,5)17-10-8-7-9-11-17/h7-11,15H,6,12-14H2,1-5H3,(H,25,26). The van der Waals surface area contributed by atoms with Crippen LogP contribution in [0.3, 0.4) is 0 Å². The topological polar surface area (TPSA) is 45.8 Å². The number of carbonyl (C=O) groups excluding carboxylic acids is 1. The summed E-state index contributed by atoms with van der Waals surface area (Å²) in [6.45, 7) is 11.1. The molecule has 1 aromatic heterocycles. The Morgan fingerprint density at radius 1 is 1.15 bits per heavy atom. The zero-order chi connectivity index (χ0) is 19.4. The first-order valence-corrected chi connectivity index (χ1v) is 10.2. The van der Waals surface area contributed by atoms with Crippen molar-refractivity contribution in [2.75, 3.05) is 0 Å². The van der Waals surface area contributed by atoms with Gasteiger partial charge in [0.25, 0.3) is 0 Å². The molecule has 2 aliphatic carbocycles. The van der Waals surface area contributed by atoms with Crippen molar-refractivity contribution in [1.82, 2.24) is 10.2 Å². The number of hydrogen-bond acceptors (Lipinski definition) is 2. The monoisotopic (exact) mass is 362 g/mol. The molecule has 1 N–H and O–H groups in total. The minimum absolute atomic E-state index is 0.0323. The van der Waals surface area contributed by atoms with Crippen LogP contribution in [0.1, 0.15) is 82.3 Å². The number of nitrogens with one attached hydrogen (secondary N) is 1. The van der Waals surface area contributed by atoms with Crippen molar-refractivity contribution in [2.45, 2.75) is 71.6 Å². The number of ketones is 1. The van der Waals surface area contributed by atoms with E-state index < -0.39 is 5.41 Å². The lowest BCUT2D eigenvalue weighted by molar-refractivity contribution is -0.118. The molecule has 1 heterocycles. The Bertz CT molecular complexity index is 919. The van der Waals surface area contributed by atoms with Crippen molar-refractivity contribution in [3.05, 3.63) is 64.0 Å². The number of carbonyl (C=O) groups is 1. The summed E-state index contributed by atoms with van der Waals surface area (Å²) in [5, 5.41) is 8.09. The van der Waals surface area contributed by atoms with Gasteiger partial charge in [0, 0.05) is 41.0 Å². The molecule has 2 aromatic rings. The third-order valence-electron chi connectivity index (χ3n) is 6.65. The van der Waals surface area contributed by atoms with Crippen molar-refractivity contribution in [3.63, 3.8) is 0 Å². The summed E-state index contributed by atoms with van der Waals surface area (Å²) in [5.74, 6) is 0.680. The Kier molecular flexibility index (Phi) is 4.17. The highest BCUT2D eigenvalue weighted by Gasteiger charge is 2.49. The van der Waals surface area contributed by atoms with Crippen LogP contribution < -0.4 is 0 Å². The molecule has 0 fully saturated rings. The molecule has 0 radical (unpaired) electrons. The average Bonchev–Trinajstić information content (AvgIpc) is 3.05. The summed E-state index contributed by atoms with van der Waals surface area (Å²) in [6, 6.07) is 10.5. The fourth-order valence-electron chi connectivity index (χ4n) is 5.26. The lowest BCUT2D eigenvalue weighted by atomic mass is 9.58. The minimum atomic E-state index is -0.427. The Hall–Kier alpha value is -2.16. The van der Waals surface area contributed by atoms with E-state index >= 15 is 0 Å². The van der Waals surface area contributed by atoms with Crippen LogP contribution in [0.4, 0.5) is 0 Å². The molecule has 3 nitrogen and oxygen atoms in total. The van der Waals surface area contributed by atoms with Gasteiger partial charge in [-0.05, 0) is 30.7 Å². The molecule has 0 aliphatic heterocycles. The van der Waals surface area contributed by atoms with Gasteiger partial charge in [0.05, 0.1) is 5.69 Å². The molecule has 3 heteroatoms. The molecule has 2 atom stereocenters. The Labute approximate surface area is 162 Å². The third-order valence-corrected chi connectivity index (χ3v) is 6.65. The average molecular weight is 363 g/mol. The smallest absolute Gasteiger partial charge is 0.160 e. The van der Waals surface area contributed by atoms with Crippen molar-refractivity contribution in [2.24, 2.45) is 5.41 Å². The first-order valence-electron chi connectivity index (χ1n) is 10.2. The van der Waals surface area contributed by atoms with Crippen LogP contribution in [0, 0.1) is 5.41 Å². The fraction of sp³-hybridized carbons (Fsp3) is 0.500. The highest BCUT2D eigenvalue weighted by molar-refractivity contribution is 6.01. The van der Waals surface area contributed by atoms with Gasteiger partial charge in [-0.2, -0.15) is 5.10 Å². The molecule has 2 aliphatic rings. The maximum atomic E-state index is 13.4. The number of benzene rings is 1. The van der Waals surface area contributed by atoms with E-state index in [0.717, 1.165) is 30.5 Å². The second-order valence-electron chi connectivity index (χ2n) is 9.36. The number of aromatic amines is 1. The van der Waals surface area contributed by atoms with E-state index in [1.165, 1.54) is 22.4 Å². The maximum Gasteiger partial charge on any atom is 0.160 e. The van der Waals surface area contributed by atoms with Crippen molar-refractivity contribution in [3.8, 4) is 0 Å². The molecule has 0 saturated carbocycles.